The Labute approximate surface area is 83.3 Å². The zero-order chi connectivity index (χ0) is 10.5. The van der Waals surface area contributed by atoms with Gasteiger partial charge in [-0.3, -0.25) is 0 Å². The average Bonchev–Trinajstić information content (AvgIpc) is 2.00. The lowest BCUT2D eigenvalue weighted by atomic mass is 9.90. The number of hydrogen-bond donors (Lipinski definition) is 2. The van der Waals surface area contributed by atoms with Crippen LogP contribution in [0.3, 0.4) is 0 Å². The topological polar surface area (TPSA) is 38.0 Å². The van der Waals surface area contributed by atoms with E-state index in [0.717, 1.165) is 19.5 Å². The minimum Gasteiger partial charge on any atom is -0.329 e. The van der Waals surface area contributed by atoms with E-state index in [1.165, 1.54) is 0 Å². The maximum atomic E-state index is 5.78. The molecule has 0 aliphatic carbocycles. The predicted molar refractivity (Wildman–Crippen MR) is 59.8 cm³/mol. The number of rotatable bonds is 6. The van der Waals surface area contributed by atoms with Crippen molar-refractivity contribution in [2.45, 2.75) is 46.6 Å². The SMILES string of the molecule is CC(C)CNC(C)(CN)CC(C)C. The highest BCUT2D eigenvalue weighted by Crippen LogP contribution is 2.15. The first-order chi connectivity index (χ1) is 5.89. The predicted octanol–water partition coefficient (Wildman–Crippen LogP) is 2.00. The van der Waals surface area contributed by atoms with Crippen LogP contribution in [0.4, 0.5) is 0 Å². The molecule has 3 N–H and O–H groups in total. The Morgan fingerprint density at radius 2 is 1.69 bits per heavy atom. The summed E-state index contributed by atoms with van der Waals surface area (Å²) in [5, 5.41) is 3.55. The molecule has 0 heterocycles. The quantitative estimate of drug-likeness (QED) is 0.666. The molecule has 80 valence electrons. The Morgan fingerprint density at radius 3 is 2.00 bits per heavy atom. The van der Waals surface area contributed by atoms with Gasteiger partial charge in [0.25, 0.3) is 0 Å². The molecule has 0 fully saturated rings. The fourth-order valence-corrected chi connectivity index (χ4v) is 1.58. The molecule has 1 atom stereocenters. The van der Waals surface area contributed by atoms with E-state index in [4.69, 9.17) is 5.73 Å². The van der Waals surface area contributed by atoms with Gasteiger partial charge in [0.05, 0.1) is 0 Å². The summed E-state index contributed by atoms with van der Waals surface area (Å²) in [6, 6.07) is 0. The standard InChI is InChI=1S/C11H26N2/c1-9(2)6-11(5,8-12)13-7-10(3)4/h9-10,13H,6-8,12H2,1-5H3. The van der Waals surface area contributed by atoms with Gasteiger partial charge in [-0.1, -0.05) is 27.7 Å². The van der Waals surface area contributed by atoms with Crippen molar-refractivity contribution in [3.8, 4) is 0 Å². The van der Waals surface area contributed by atoms with Gasteiger partial charge in [0.15, 0.2) is 0 Å². The van der Waals surface area contributed by atoms with E-state index in [-0.39, 0.29) is 5.54 Å². The molecule has 0 saturated carbocycles. The smallest absolute Gasteiger partial charge is 0.0278 e. The van der Waals surface area contributed by atoms with Crippen LogP contribution in [0.1, 0.15) is 41.0 Å². The minimum atomic E-state index is 0.123. The minimum absolute atomic E-state index is 0.123. The van der Waals surface area contributed by atoms with Crippen molar-refractivity contribution in [3.05, 3.63) is 0 Å². The Morgan fingerprint density at radius 1 is 1.15 bits per heavy atom. The number of nitrogens with one attached hydrogen (secondary N) is 1. The molecule has 0 aromatic rings. The second kappa shape index (κ2) is 5.61. The van der Waals surface area contributed by atoms with Crippen molar-refractivity contribution >= 4 is 0 Å². The molecular formula is C11H26N2. The maximum absolute atomic E-state index is 5.78. The molecule has 0 rings (SSSR count). The van der Waals surface area contributed by atoms with Crippen LogP contribution in [-0.4, -0.2) is 18.6 Å². The van der Waals surface area contributed by atoms with Gasteiger partial charge in [-0.2, -0.15) is 0 Å². The molecule has 0 bridgehead atoms. The van der Waals surface area contributed by atoms with E-state index in [0.29, 0.717) is 11.8 Å². The molecule has 0 saturated heterocycles. The van der Waals surface area contributed by atoms with Gasteiger partial charge in [-0.25, -0.2) is 0 Å². The highest BCUT2D eigenvalue weighted by atomic mass is 15.0. The third kappa shape index (κ3) is 6.05. The molecule has 0 spiro atoms. The van der Waals surface area contributed by atoms with E-state index >= 15 is 0 Å². The summed E-state index contributed by atoms with van der Waals surface area (Å²) in [5.41, 5.74) is 5.90. The molecule has 0 aromatic carbocycles. The van der Waals surface area contributed by atoms with Gasteiger partial charge in [-0.05, 0) is 31.7 Å². The van der Waals surface area contributed by atoms with E-state index < -0.39 is 0 Å². The second-order valence-electron chi connectivity index (χ2n) is 5.14. The van der Waals surface area contributed by atoms with Crippen LogP contribution in [0.25, 0.3) is 0 Å². The summed E-state index contributed by atoms with van der Waals surface area (Å²) in [7, 11) is 0. The van der Waals surface area contributed by atoms with E-state index in [9.17, 15) is 0 Å². The Kier molecular flexibility index (Phi) is 5.57. The molecule has 1 unspecified atom stereocenters. The average molecular weight is 186 g/mol. The highest BCUT2D eigenvalue weighted by molar-refractivity contribution is 4.85. The molecule has 13 heavy (non-hydrogen) atoms. The number of nitrogens with two attached hydrogens (primary N) is 1. The summed E-state index contributed by atoms with van der Waals surface area (Å²) < 4.78 is 0. The molecule has 0 aliphatic rings. The lowest BCUT2D eigenvalue weighted by Crippen LogP contribution is -2.50. The van der Waals surface area contributed by atoms with E-state index in [1.807, 2.05) is 0 Å². The van der Waals surface area contributed by atoms with Crippen molar-refractivity contribution in [3.63, 3.8) is 0 Å². The van der Waals surface area contributed by atoms with E-state index in [2.05, 4.69) is 39.9 Å². The molecule has 0 aliphatic heterocycles. The summed E-state index contributed by atoms with van der Waals surface area (Å²) in [6.45, 7) is 12.9. The summed E-state index contributed by atoms with van der Waals surface area (Å²) in [5.74, 6) is 1.39. The van der Waals surface area contributed by atoms with Crippen molar-refractivity contribution < 1.29 is 0 Å². The van der Waals surface area contributed by atoms with Gasteiger partial charge in [-0.15, -0.1) is 0 Å². The third-order valence-corrected chi connectivity index (χ3v) is 2.25. The largest absolute Gasteiger partial charge is 0.329 e. The van der Waals surface area contributed by atoms with Crippen LogP contribution in [0.5, 0.6) is 0 Å². The molecule has 0 aromatic heterocycles. The van der Waals surface area contributed by atoms with Gasteiger partial charge in [0.1, 0.15) is 0 Å². The van der Waals surface area contributed by atoms with Crippen LogP contribution in [-0.2, 0) is 0 Å². The Bertz CT molecular complexity index is 132. The van der Waals surface area contributed by atoms with Gasteiger partial charge in [0, 0.05) is 12.1 Å². The van der Waals surface area contributed by atoms with Crippen molar-refractivity contribution in [2.75, 3.05) is 13.1 Å². The lowest BCUT2D eigenvalue weighted by molar-refractivity contribution is 0.287. The Balaban J connectivity index is 3.96. The molecule has 2 nitrogen and oxygen atoms in total. The summed E-state index contributed by atoms with van der Waals surface area (Å²) in [6.07, 6.45) is 1.15. The van der Waals surface area contributed by atoms with Crippen LogP contribution < -0.4 is 11.1 Å². The molecular weight excluding hydrogens is 160 g/mol. The highest BCUT2D eigenvalue weighted by Gasteiger charge is 2.22. The maximum Gasteiger partial charge on any atom is 0.0278 e. The van der Waals surface area contributed by atoms with Crippen LogP contribution >= 0.6 is 0 Å². The van der Waals surface area contributed by atoms with Gasteiger partial charge in [0.2, 0.25) is 0 Å². The van der Waals surface area contributed by atoms with Gasteiger partial charge >= 0.3 is 0 Å². The normalized spacial score (nSPS) is 16.6. The van der Waals surface area contributed by atoms with Crippen LogP contribution in [0.2, 0.25) is 0 Å². The first kappa shape index (κ1) is 12.9. The number of hydrogen-bond acceptors (Lipinski definition) is 2. The summed E-state index contributed by atoms with van der Waals surface area (Å²) in [4.78, 5) is 0. The Hall–Kier alpha value is -0.0800. The van der Waals surface area contributed by atoms with Crippen molar-refractivity contribution in [1.29, 1.82) is 0 Å². The lowest BCUT2D eigenvalue weighted by Gasteiger charge is -2.32. The first-order valence-electron chi connectivity index (χ1n) is 5.34. The van der Waals surface area contributed by atoms with E-state index in [1.54, 1.807) is 0 Å². The fourth-order valence-electron chi connectivity index (χ4n) is 1.58. The third-order valence-electron chi connectivity index (χ3n) is 2.25. The van der Waals surface area contributed by atoms with Crippen LogP contribution in [0, 0.1) is 11.8 Å². The molecule has 2 heteroatoms. The monoisotopic (exact) mass is 186 g/mol. The van der Waals surface area contributed by atoms with Crippen molar-refractivity contribution in [1.82, 2.24) is 5.32 Å². The molecule has 0 amide bonds. The zero-order valence-electron chi connectivity index (χ0n) is 9.85. The van der Waals surface area contributed by atoms with Crippen molar-refractivity contribution in [2.24, 2.45) is 17.6 Å². The zero-order valence-corrected chi connectivity index (χ0v) is 9.85. The summed E-state index contributed by atoms with van der Waals surface area (Å²) >= 11 is 0. The first-order valence-corrected chi connectivity index (χ1v) is 5.34. The van der Waals surface area contributed by atoms with Crippen LogP contribution in [0.15, 0.2) is 0 Å². The van der Waals surface area contributed by atoms with Gasteiger partial charge < -0.3 is 11.1 Å². The fraction of sp³-hybridized carbons (Fsp3) is 1.00. The molecule has 0 radical (unpaired) electrons. The second-order valence-corrected chi connectivity index (χ2v) is 5.14.